The molecule has 0 unspecified atom stereocenters. The highest BCUT2D eigenvalue weighted by Gasteiger charge is 2.29. The van der Waals surface area contributed by atoms with Gasteiger partial charge in [0, 0.05) is 18.0 Å². The van der Waals surface area contributed by atoms with Gasteiger partial charge in [0.2, 0.25) is 0 Å². The molecule has 5 heteroatoms. The van der Waals surface area contributed by atoms with Gasteiger partial charge in [-0.25, -0.2) is 9.78 Å². The summed E-state index contributed by atoms with van der Waals surface area (Å²) >= 11 is 1.29. The second-order valence-electron chi connectivity index (χ2n) is 6.87. The summed E-state index contributed by atoms with van der Waals surface area (Å²) in [7, 11) is 0. The highest BCUT2D eigenvalue weighted by Crippen LogP contribution is 2.34. The van der Waals surface area contributed by atoms with Crippen molar-refractivity contribution in [1.82, 2.24) is 4.98 Å². The van der Waals surface area contributed by atoms with Crippen molar-refractivity contribution >= 4 is 22.4 Å². The number of aromatic carboxylic acids is 1. The molecule has 4 nitrogen and oxygen atoms in total. The lowest BCUT2D eigenvalue weighted by atomic mass is 9.91. The second kappa shape index (κ2) is 6.12. The average Bonchev–Trinajstić information content (AvgIpc) is 2.69. The van der Waals surface area contributed by atoms with E-state index in [2.05, 4.69) is 37.6 Å². The Morgan fingerprint density at radius 2 is 1.85 bits per heavy atom. The van der Waals surface area contributed by atoms with E-state index in [1.165, 1.54) is 11.3 Å². The van der Waals surface area contributed by atoms with Crippen LogP contribution in [0.5, 0.6) is 0 Å². The Morgan fingerprint density at radius 1 is 1.30 bits per heavy atom. The summed E-state index contributed by atoms with van der Waals surface area (Å²) in [5.41, 5.74) is 0.419. The maximum absolute atomic E-state index is 11.4. The fraction of sp³-hybridized carbons (Fsp3) is 0.733. The van der Waals surface area contributed by atoms with Crippen LogP contribution in [0.25, 0.3) is 0 Å². The molecule has 0 fully saturated rings. The molecule has 0 amide bonds. The molecule has 1 rings (SSSR count). The van der Waals surface area contributed by atoms with E-state index >= 15 is 0 Å². The molecular weight excluding hydrogens is 272 g/mol. The smallest absolute Gasteiger partial charge is 0.347 e. The van der Waals surface area contributed by atoms with E-state index in [0.717, 1.165) is 11.7 Å². The van der Waals surface area contributed by atoms with Crippen LogP contribution < -0.4 is 4.90 Å². The topological polar surface area (TPSA) is 53.4 Å². The van der Waals surface area contributed by atoms with Crippen LogP contribution in [-0.2, 0) is 5.41 Å². The van der Waals surface area contributed by atoms with Gasteiger partial charge in [-0.15, -0.1) is 0 Å². The van der Waals surface area contributed by atoms with E-state index < -0.39 is 5.97 Å². The Hall–Kier alpha value is -1.10. The van der Waals surface area contributed by atoms with Crippen molar-refractivity contribution in [2.24, 2.45) is 5.92 Å². The molecule has 0 bridgehead atoms. The van der Waals surface area contributed by atoms with Crippen molar-refractivity contribution in [3.8, 4) is 0 Å². The number of carboxylic acids is 1. The van der Waals surface area contributed by atoms with Gasteiger partial charge in [0.15, 0.2) is 5.13 Å². The first kappa shape index (κ1) is 17.0. The number of rotatable bonds is 5. The van der Waals surface area contributed by atoms with Gasteiger partial charge >= 0.3 is 5.97 Å². The zero-order valence-corrected chi connectivity index (χ0v) is 14.3. The van der Waals surface area contributed by atoms with Crippen LogP contribution >= 0.6 is 11.3 Å². The Kier molecular flexibility index (Phi) is 5.19. The minimum absolute atomic E-state index is 0.261. The van der Waals surface area contributed by atoms with Crippen LogP contribution in [0.1, 0.15) is 63.8 Å². The third-order valence-corrected chi connectivity index (χ3v) is 4.03. The van der Waals surface area contributed by atoms with Crippen LogP contribution in [0.2, 0.25) is 0 Å². The molecule has 0 aromatic carbocycles. The fourth-order valence-corrected chi connectivity index (χ4v) is 3.25. The van der Waals surface area contributed by atoms with E-state index in [-0.39, 0.29) is 5.41 Å². The van der Waals surface area contributed by atoms with E-state index in [4.69, 9.17) is 0 Å². The molecule has 1 heterocycles. The Bertz CT molecular complexity index is 473. The van der Waals surface area contributed by atoms with E-state index in [1.807, 2.05) is 20.8 Å². The summed E-state index contributed by atoms with van der Waals surface area (Å²) < 4.78 is 0. The molecule has 1 N–H and O–H groups in total. The Labute approximate surface area is 125 Å². The molecule has 0 aliphatic rings. The molecule has 114 valence electrons. The highest BCUT2D eigenvalue weighted by molar-refractivity contribution is 7.17. The van der Waals surface area contributed by atoms with Gasteiger partial charge in [-0.05, 0) is 19.8 Å². The van der Waals surface area contributed by atoms with Crippen LogP contribution in [-0.4, -0.2) is 28.6 Å². The quantitative estimate of drug-likeness (QED) is 0.892. The zero-order chi connectivity index (χ0) is 15.7. The largest absolute Gasteiger partial charge is 0.477 e. The summed E-state index contributed by atoms with van der Waals surface area (Å²) in [4.78, 5) is 18.6. The molecule has 1 aromatic rings. The molecule has 0 spiro atoms. The van der Waals surface area contributed by atoms with Crippen molar-refractivity contribution in [2.45, 2.75) is 59.9 Å². The predicted molar refractivity (Wildman–Crippen MR) is 85.1 cm³/mol. The highest BCUT2D eigenvalue weighted by atomic mass is 32.1. The molecule has 0 saturated heterocycles. The van der Waals surface area contributed by atoms with Gasteiger partial charge in [0.05, 0.1) is 5.69 Å². The van der Waals surface area contributed by atoms with E-state index in [0.29, 0.717) is 22.5 Å². The van der Waals surface area contributed by atoms with Crippen LogP contribution in [0, 0.1) is 5.92 Å². The summed E-state index contributed by atoms with van der Waals surface area (Å²) in [5.74, 6) is -0.375. The number of anilines is 1. The first-order chi connectivity index (χ1) is 9.04. The Balaban J connectivity index is 3.28. The average molecular weight is 298 g/mol. The first-order valence-electron chi connectivity index (χ1n) is 7.05. The molecule has 0 radical (unpaired) electrons. The lowest BCUT2D eigenvalue weighted by Crippen LogP contribution is -2.34. The maximum Gasteiger partial charge on any atom is 0.347 e. The van der Waals surface area contributed by atoms with Crippen LogP contribution in [0.15, 0.2) is 0 Å². The SMILES string of the molecule is CC(C)CN(c1nc(C(C)(C)C)c(C(=O)O)s1)C(C)C. The standard InChI is InChI=1S/C15H26N2O2S/c1-9(2)8-17(10(3)4)14-16-12(15(5,6)7)11(20-14)13(18)19/h9-10H,8H2,1-7H3,(H,18,19). The monoisotopic (exact) mass is 298 g/mol. The molecule has 20 heavy (non-hydrogen) atoms. The van der Waals surface area contributed by atoms with Crippen LogP contribution in [0.4, 0.5) is 5.13 Å². The summed E-state index contributed by atoms with van der Waals surface area (Å²) in [6, 6.07) is 0.304. The first-order valence-corrected chi connectivity index (χ1v) is 7.87. The Morgan fingerprint density at radius 3 is 2.15 bits per heavy atom. The van der Waals surface area contributed by atoms with Gasteiger partial charge in [-0.2, -0.15) is 0 Å². The number of thiazole rings is 1. The minimum Gasteiger partial charge on any atom is -0.477 e. The minimum atomic E-state index is -0.882. The lowest BCUT2D eigenvalue weighted by Gasteiger charge is -2.28. The number of hydrogen-bond donors (Lipinski definition) is 1. The summed E-state index contributed by atoms with van der Waals surface area (Å²) in [5, 5.41) is 10.2. The molecule has 0 saturated carbocycles. The number of carbonyl (C=O) groups is 1. The van der Waals surface area contributed by atoms with E-state index in [1.54, 1.807) is 0 Å². The second-order valence-corrected chi connectivity index (χ2v) is 7.85. The molecule has 0 atom stereocenters. The van der Waals surface area contributed by atoms with Gasteiger partial charge in [-0.1, -0.05) is 46.0 Å². The van der Waals surface area contributed by atoms with Crippen molar-refractivity contribution in [2.75, 3.05) is 11.4 Å². The summed E-state index contributed by atoms with van der Waals surface area (Å²) in [6.07, 6.45) is 0. The van der Waals surface area contributed by atoms with Gasteiger partial charge in [0.1, 0.15) is 4.88 Å². The zero-order valence-electron chi connectivity index (χ0n) is 13.5. The van der Waals surface area contributed by atoms with Gasteiger partial charge in [-0.3, -0.25) is 0 Å². The van der Waals surface area contributed by atoms with Crippen molar-refractivity contribution < 1.29 is 9.90 Å². The number of hydrogen-bond acceptors (Lipinski definition) is 4. The predicted octanol–water partition coefficient (Wildman–Crippen LogP) is 4.01. The number of carboxylic acid groups (broad SMARTS) is 1. The molecule has 0 aliphatic heterocycles. The normalized spacial score (nSPS) is 12.2. The van der Waals surface area contributed by atoms with Crippen molar-refractivity contribution in [3.63, 3.8) is 0 Å². The lowest BCUT2D eigenvalue weighted by molar-refractivity contribution is 0.0699. The van der Waals surface area contributed by atoms with Gasteiger partial charge < -0.3 is 10.0 Å². The fourth-order valence-electron chi connectivity index (χ4n) is 1.99. The summed E-state index contributed by atoms with van der Waals surface area (Å²) in [6.45, 7) is 15.4. The number of nitrogens with zero attached hydrogens (tertiary/aromatic N) is 2. The van der Waals surface area contributed by atoms with E-state index in [9.17, 15) is 9.90 Å². The number of aromatic nitrogens is 1. The van der Waals surface area contributed by atoms with Crippen molar-refractivity contribution in [3.05, 3.63) is 10.6 Å². The molecule has 0 aliphatic carbocycles. The maximum atomic E-state index is 11.4. The molecular formula is C15H26N2O2S. The van der Waals surface area contributed by atoms with Gasteiger partial charge in [0.25, 0.3) is 0 Å². The van der Waals surface area contributed by atoms with Crippen LogP contribution in [0.3, 0.4) is 0 Å². The third-order valence-electron chi connectivity index (χ3n) is 2.95. The third kappa shape index (κ3) is 3.95. The molecule has 1 aromatic heterocycles. The van der Waals surface area contributed by atoms with Crippen molar-refractivity contribution in [1.29, 1.82) is 0 Å².